The molecule has 0 aliphatic heterocycles. The Bertz CT molecular complexity index is 1110. The summed E-state index contributed by atoms with van der Waals surface area (Å²) in [6.45, 7) is 0. The summed E-state index contributed by atoms with van der Waals surface area (Å²) in [6, 6.07) is 8.80. The number of nitro groups is 2. The van der Waals surface area contributed by atoms with E-state index in [1.807, 2.05) is 0 Å². The van der Waals surface area contributed by atoms with Crippen LogP contribution in [0.25, 0.3) is 0 Å². The zero-order chi connectivity index (χ0) is 20.2. The maximum absolute atomic E-state index is 12.1. The van der Waals surface area contributed by atoms with Crippen LogP contribution in [0, 0.1) is 20.2 Å². The van der Waals surface area contributed by atoms with Gasteiger partial charge in [0.1, 0.15) is 0 Å². The van der Waals surface area contributed by atoms with Crippen LogP contribution < -0.4 is 0 Å². The van der Waals surface area contributed by atoms with Gasteiger partial charge in [0.25, 0.3) is 0 Å². The van der Waals surface area contributed by atoms with Gasteiger partial charge in [0, 0.05) is 0 Å². The number of para-hydroxylation sites is 2. The minimum absolute atomic E-state index is 0.713. The van der Waals surface area contributed by atoms with Crippen molar-refractivity contribution in [1.82, 2.24) is 0 Å². The first-order valence-corrected chi connectivity index (χ1v) is 11.0. The summed E-state index contributed by atoms with van der Waals surface area (Å²) in [5.41, 5.74) is -1.45. The molecule has 2 aromatic carbocycles. The molecule has 0 atom stereocenters. The first kappa shape index (κ1) is 20.6. The summed E-state index contributed by atoms with van der Waals surface area (Å²) in [7, 11) is -9.10. The maximum atomic E-state index is 12.1. The molecular formula is C12H8N4O8S2Se. The quantitative estimate of drug-likeness (QED) is 0.341. The molecule has 15 heteroatoms. The second-order valence-corrected chi connectivity index (χ2v) is 9.93. The van der Waals surface area contributed by atoms with E-state index in [0.29, 0.717) is 0 Å². The van der Waals surface area contributed by atoms with Gasteiger partial charge in [-0.1, -0.05) is 0 Å². The van der Waals surface area contributed by atoms with Crippen LogP contribution in [0.2, 0.25) is 0 Å². The third-order valence-corrected chi connectivity index (χ3v) is 8.58. The van der Waals surface area contributed by atoms with E-state index >= 15 is 0 Å². The number of rotatable bonds is 6. The van der Waals surface area contributed by atoms with E-state index in [-0.39, 0.29) is 0 Å². The van der Waals surface area contributed by atoms with Gasteiger partial charge in [-0.25, -0.2) is 0 Å². The average molecular weight is 479 g/mol. The predicted octanol–water partition coefficient (Wildman–Crippen LogP) is 1.65. The molecule has 0 aromatic heterocycles. The number of nitro benzene ring substituents is 2. The molecule has 0 aliphatic rings. The SMILES string of the molecule is O=[N+]([O-])c1ccccc1S(=O)(=O)N=[Se]=NS(=O)(=O)c1ccccc1[N+](=O)[O-]. The third-order valence-electron chi connectivity index (χ3n) is 2.94. The van der Waals surface area contributed by atoms with Crippen LogP contribution in [0.15, 0.2) is 65.1 Å². The molecule has 0 N–H and O–H groups in total. The number of hydrogen-bond acceptors (Lipinski definition) is 8. The Kier molecular flexibility index (Phi) is 6.00. The molecule has 0 saturated heterocycles. The Hall–Kier alpha value is -2.74. The fourth-order valence-electron chi connectivity index (χ4n) is 1.83. The van der Waals surface area contributed by atoms with Crippen molar-refractivity contribution in [2.24, 2.45) is 6.74 Å². The molecular weight excluding hydrogens is 471 g/mol. The van der Waals surface area contributed by atoms with Crippen LogP contribution >= 0.6 is 0 Å². The molecule has 0 bridgehead atoms. The first-order valence-electron chi connectivity index (χ1n) is 6.64. The Morgan fingerprint density at radius 1 is 0.704 bits per heavy atom. The number of sulfonamides is 2. The van der Waals surface area contributed by atoms with Crippen LogP contribution in [-0.4, -0.2) is 41.2 Å². The van der Waals surface area contributed by atoms with Crippen molar-refractivity contribution in [2.75, 3.05) is 0 Å². The van der Waals surface area contributed by atoms with E-state index in [4.69, 9.17) is 0 Å². The topological polar surface area (TPSA) is 179 Å². The zero-order valence-corrected chi connectivity index (χ0v) is 16.2. The van der Waals surface area contributed by atoms with Crippen LogP contribution in [0.4, 0.5) is 11.4 Å². The molecule has 0 unspecified atom stereocenters. The Labute approximate surface area is 158 Å². The fraction of sp³-hybridized carbons (Fsp3) is 0. The van der Waals surface area contributed by atoms with Crippen molar-refractivity contribution >= 4 is 46.0 Å². The second kappa shape index (κ2) is 7.87. The molecule has 142 valence electrons. The van der Waals surface area contributed by atoms with Gasteiger partial charge in [0.2, 0.25) is 0 Å². The molecule has 2 aromatic rings. The molecule has 0 fully saturated rings. The summed E-state index contributed by atoms with van der Waals surface area (Å²) < 4.78 is 54.9. The Balaban J connectivity index is 2.50. The number of benzene rings is 2. The van der Waals surface area contributed by atoms with Crippen LogP contribution in [-0.2, 0) is 20.0 Å². The van der Waals surface area contributed by atoms with E-state index in [2.05, 4.69) is 6.74 Å². The number of hydrogen-bond donors (Lipinski definition) is 0. The molecule has 12 nitrogen and oxygen atoms in total. The molecule has 0 heterocycles. The van der Waals surface area contributed by atoms with Crippen LogP contribution in [0.3, 0.4) is 0 Å². The van der Waals surface area contributed by atoms with E-state index in [1.165, 1.54) is 24.3 Å². The van der Waals surface area contributed by atoms with Gasteiger partial charge in [-0.2, -0.15) is 0 Å². The van der Waals surface area contributed by atoms with Gasteiger partial charge in [0.15, 0.2) is 0 Å². The van der Waals surface area contributed by atoms with Gasteiger partial charge in [-0.3, -0.25) is 0 Å². The van der Waals surface area contributed by atoms with Crippen molar-refractivity contribution < 1.29 is 26.7 Å². The van der Waals surface area contributed by atoms with Crippen LogP contribution in [0.5, 0.6) is 0 Å². The fourth-order valence-corrected chi connectivity index (χ4v) is 6.22. The van der Waals surface area contributed by atoms with Crippen molar-refractivity contribution in [3.05, 3.63) is 68.8 Å². The second-order valence-electron chi connectivity index (χ2n) is 4.63. The van der Waals surface area contributed by atoms with Gasteiger partial charge in [-0.15, -0.1) is 0 Å². The van der Waals surface area contributed by atoms with E-state index in [0.717, 1.165) is 24.3 Å². The van der Waals surface area contributed by atoms with Crippen molar-refractivity contribution in [3.63, 3.8) is 0 Å². The normalized spacial score (nSPS) is 11.4. The zero-order valence-electron chi connectivity index (χ0n) is 12.9. The van der Waals surface area contributed by atoms with Gasteiger partial charge in [-0.05, 0) is 0 Å². The van der Waals surface area contributed by atoms with Gasteiger partial charge in [0.05, 0.1) is 0 Å². The molecule has 0 amide bonds. The van der Waals surface area contributed by atoms with Crippen molar-refractivity contribution in [2.45, 2.75) is 9.79 Å². The van der Waals surface area contributed by atoms with E-state index < -0.39 is 65.6 Å². The number of nitrogens with zero attached hydrogens (tertiary/aromatic N) is 4. The predicted molar refractivity (Wildman–Crippen MR) is 91.2 cm³/mol. The van der Waals surface area contributed by atoms with E-state index in [1.54, 1.807) is 0 Å². The van der Waals surface area contributed by atoms with Gasteiger partial charge >= 0.3 is 158 Å². The summed E-state index contributed by atoms with van der Waals surface area (Å²) in [4.78, 5) is 18.6. The molecule has 0 aliphatic carbocycles. The Morgan fingerprint density at radius 2 is 1.04 bits per heavy atom. The minimum atomic E-state index is -4.55. The molecule has 0 spiro atoms. The van der Waals surface area contributed by atoms with Gasteiger partial charge < -0.3 is 0 Å². The monoisotopic (exact) mass is 480 g/mol. The molecule has 0 saturated carbocycles. The summed E-state index contributed by atoms with van der Waals surface area (Å²) >= 11 is -1.76. The van der Waals surface area contributed by atoms with Crippen molar-refractivity contribution in [1.29, 1.82) is 0 Å². The summed E-state index contributed by atoms with van der Waals surface area (Å²) in [6.07, 6.45) is 0. The summed E-state index contributed by atoms with van der Waals surface area (Å²) in [5.74, 6) is 0. The van der Waals surface area contributed by atoms with Crippen LogP contribution in [0.1, 0.15) is 0 Å². The first-order chi connectivity index (χ1) is 12.6. The third kappa shape index (κ3) is 4.71. The average Bonchev–Trinajstić information content (AvgIpc) is 2.61. The van der Waals surface area contributed by atoms with Crippen molar-refractivity contribution in [3.8, 4) is 0 Å². The summed E-state index contributed by atoms with van der Waals surface area (Å²) in [5, 5.41) is 21.8. The molecule has 27 heavy (non-hydrogen) atoms. The Morgan fingerprint density at radius 3 is 1.37 bits per heavy atom. The van der Waals surface area contributed by atoms with E-state index in [9.17, 15) is 37.1 Å². The molecule has 2 rings (SSSR count). The standard InChI is InChI=1S/C12H8N4O8S2Se/c17-15(18)9-5-1-3-7-11(9)25(21,22)13-27-14-26(23,24)12-8-4-2-6-10(12)16(19)20/h1-8H. The molecule has 0 radical (unpaired) electrons.